The zero-order chi connectivity index (χ0) is 8.93. The molecule has 1 aliphatic heterocycles. The molecule has 1 heterocycles. The number of rotatable bonds is 2. The Balaban J connectivity index is 2.02. The molecule has 1 saturated heterocycles. The van der Waals surface area contributed by atoms with E-state index in [9.17, 15) is 0 Å². The van der Waals surface area contributed by atoms with Crippen molar-refractivity contribution in [3.63, 3.8) is 0 Å². The van der Waals surface area contributed by atoms with E-state index in [2.05, 4.69) is 11.9 Å². The average Bonchev–Trinajstić information content (AvgIpc) is 2.50. The number of nitrogens with zero attached hydrogens (tertiary/aromatic N) is 1. The summed E-state index contributed by atoms with van der Waals surface area (Å²) in [6, 6.07) is 0. The highest BCUT2D eigenvalue weighted by Gasteiger charge is 2.68. The van der Waals surface area contributed by atoms with E-state index in [1.807, 2.05) is 0 Å². The summed E-state index contributed by atoms with van der Waals surface area (Å²) in [7, 11) is 3.74. The Bertz CT molecular complexity index is 185. The molecule has 4 N–H and O–H groups in total. The Hall–Kier alpha value is -0.160. The molecule has 2 rings (SSSR count). The molecule has 0 aromatic carbocycles. The SMILES string of the molecule is COC(N)C1(N)C2CN(C)CC21. The van der Waals surface area contributed by atoms with Crippen LogP contribution in [0.1, 0.15) is 0 Å². The highest BCUT2D eigenvalue weighted by atomic mass is 16.5. The molecule has 0 radical (unpaired) electrons. The van der Waals surface area contributed by atoms with Crippen molar-refractivity contribution in [1.82, 2.24) is 4.90 Å². The van der Waals surface area contributed by atoms with Crippen LogP contribution in [0.25, 0.3) is 0 Å². The molecule has 12 heavy (non-hydrogen) atoms. The summed E-state index contributed by atoms with van der Waals surface area (Å²) in [6.45, 7) is 2.14. The van der Waals surface area contributed by atoms with Crippen LogP contribution >= 0.6 is 0 Å². The van der Waals surface area contributed by atoms with Crippen molar-refractivity contribution in [2.75, 3.05) is 27.2 Å². The van der Waals surface area contributed by atoms with E-state index >= 15 is 0 Å². The summed E-state index contributed by atoms with van der Waals surface area (Å²) in [6.07, 6.45) is -0.291. The first kappa shape index (κ1) is 8.44. The molecule has 4 nitrogen and oxygen atoms in total. The van der Waals surface area contributed by atoms with Gasteiger partial charge >= 0.3 is 0 Å². The number of likely N-dealkylation sites (tertiary alicyclic amines) is 1. The van der Waals surface area contributed by atoms with Crippen LogP contribution in [0.5, 0.6) is 0 Å². The van der Waals surface area contributed by atoms with Crippen LogP contribution in [0, 0.1) is 11.8 Å². The predicted octanol–water partition coefficient (Wildman–Crippen LogP) is -1.19. The molecule has 0 amide bonds. The van der Waals surface area contributed by atoms with E-state index in [0.29, 0.717) is 11.8 Å². The lowest BCUT2D eigenvalue weighted by atomic mass is 10.1. The van der Waals surface area contributed by atoms with Crippen molar-refractivity contribution >= 4 is 0 Å². The van der Waals surface area contributed by atoms with E-state index in [-0.39, 0.29) is 11.8 Å². The summed E-state index contributed by atoms with van der Waals surface area (Å²) < 4.78 is 5.08. The molecule has 3 atom stereocenters. The van der Waals surface area contributed by atoms with Gasteiger partial charge in [0.1, 0.15) is 6.23 Å². The van der Waals surface area contributed by atoms with Crippen molar-refractivity contribution in [3.8, 4) is 0 Å². The van der Waals surface area contributed by atoms with Gasteiger partial charge in [0.15, 0.2) is 0 Å². The fourth-order valence-electron chi connectivity index (χ4n) is 2.53. The molecule has 0 bridgehead atoms. The Morgan fingerprint density at radius 1 is 1.50 bits per heavy atom. The zero-order valence-electron chi connectivity index (χ0n) is 7.66. The number of methoxy groups -OCH3 is 1. The summed E-state index contributed by atoms with van der Waals surface area (Å²) >= 11 is 0. The third-order valence-electron chi connectivity index (χ3n) is 3.42. The number of fused-ring (bicyclic) bond motifs is 1. The molecule has 2 aliphatic rings. The molecule has 70 valence electrons. The summed E-state index contributed by atoms with van der Waals surface area (Å²) in [4.78, 5) is 2.29. The monoisotopic (exact) mass is 171 g/mol. The second-order valence-electron chi connectivity index (χ2n) is 4.09. The number of hydrogen-bond acceptors (Lipinski definition) is 4. The van der Waals surface area contributed by atoms with Gasteiger partial charge in [-0.05, 0) is 18.9 Å². The fourth-order valence-corrected chi connectivity index (χ4v) is 2.53. The van der Waals surface area contributed by atoms with E-state index in [4.69, 9.17) is 16.2 Å². The van der Waals surface area contributed by atoms with Crippen LogP contribution in [0.2, 0.25) is 0 Å². The molecule has 1 saturated carbocycles. The maximum Gasteiger partial charge on any atom is 0.124 e. The zero-order valence-corrected chi connectivity index (χ0v) is 7.66. The third kappa shape index (κ3) is 0.864. The van der Waals surface area contributed by atoms with Gasteiger partial charge in [-0.25, -0.2) is 0 Å². The van der Waals surface area contributed by atoms with E-state index in [0.717, 1.165) is 13.1 Å². The topological polar surface area (TPSA) is 64.5 Å². The average molecular weight is 171 g/mol. The molecule has 2 fully saturated rings. The minimum Gasteiger partial charge on any atom is -0.365 e. The fraction of sp³-hybridized carbons (Fsp3) is 1.00. The van der Waals surface area contributed by atoms with Crippen LogP contribution in [0.4, 0.5) is 0 Å². The van der Waals surface area contributed by atoms with Crippen LogP contribution in [-0.2, 0) is 4.74 Å². The van der Waals surface area contributed by atoms with Gasteiger partial charge in [0.2, 0.25) is 0 Å². The molecular formula is C8H17N3O. The molecule has 1 aliphatic carbocycles. The Morgan fingerprint density at radius 3 is 2.42 bits per heavy atom. The van der Waals surface area contributed by atoms with Gasteiger partial charge in [0.05, 0.1) is 5.54 Å². The van der Waals surface area contributed by atoms with Gasteiger partial charge in [0, 0.05) is 20.2 Å². The van der Waals surface area contributed by atoms with Crippen molar-refractivity contribution in [2.45, 2.75) is 11.8 Å². The number of hydrogen-bond donors (Lipinski definition) is 2. The normalized spacial score (nSPS) is 49.0. The first-order chi connectivity index (χ1) is 5.60. The maximum absolute atomic E-state index is 6.14. The minimum absolute atomic E-state index is 0.235. The molecule has 0 spiro atoms. The van der Waals surface area contributed by atoms with Gasteiger partial charge in [-0.3, -0.25) is 0 Å². The smallest absolute Gasteiger partial charge is 0.124 e. The van der Waals surface area contributed by atoms with Gasteiger partial charge in [-0.15, -0.1) is 0 Å². The quantitative estimate of drug-likeness (QED) is 0.513. The lowest BCUT2D eigenvalue weighted by molar-refractivity contribution is 0.0597. The van der Waals surface area contributed by atoms with Crippen LogP contribution in [0.15, 0.2) is 0 Å². The Kier molecular flexibility index (Phi) is 1.70. The highest BCUT2D eigenvalue weighted by molar-refractivity contribution is 5.23. The maximum atomic E-state index is 6.14. The second-order valence-corrected chi connectivity index (χ2v) is 4.09. The van der Waals surface area contributed by atoms with E-state index in [1.165, 1.54) is 0 Å². The molecule has 0 aromatic rings. The van der Waals surface area contributed by atoms with Gasteiger partial charge < -0.3 is 21.1 Å². The van der Waals surface area contributed by atoms with Crippen molar-refractivity contribution in [2.24, 2.45) is 23.3 Å². The minimum atomic E-state index is -0.291. The standard InChI is InChI=1S/C8H17N3O/c1-11-3-5-6(4-11)8(5,10)7(9)12-2/h5-7H,3-4,9-10H2,1-2H3. The predicted molar refractivity (Wildman–Crippen MR) is 46.4 cm³/mol. The van der Waals surface area contributed by atoms with Crippen molar-refractivity contribution in [3.05, 3.63) is 0 Å². The van der Waals surface area contributed by atoms with Crippen molar-refractivity contribution in [1.29, 1.82) is 0 Å². The van der Waals surface area contributed by atoms with Crippen molar-refractivity contribution < 1.29 is 4.74 Å². The lowest BCUT2D eigenvalue weighted by Crippen LogP contribution is -2.51. The largest absolute Gasteiger partial charge is 0.365 e. The molecule has 0 aromatic heterocycles. The first-order valence-electron chi connectivity index (χ1n) is 4.36. The summed E-state index contributed by atoms with van der Waals surface area (Å²) in [5.41, 5.74) is 11.7. The van der Waals surface area contributed by atoms with Gasteiger partial charge in [-0.2, -0.15) is 0 Å². The Morgan fingerprint density at radius 2 is 2.00 bits per heavy atom. The van der Waals surface area contributed by atoms with E-state index in [1.54, 1.807) is 7.11 Å². The number of nitrogens with two attached hydrogens (primary N) is 2. The van der Waals surface area contributed by atoms with Gasteiger partial charge in [0.25, 0.3) is 0 Å². The second kappa shape index (κ2) is 2.42. The van der Waals surface area contributed by atoms with Crippen LogP contribution < -0.4 is 11.5 Å². The molecular weight excluding hydrogens is 154 g/mol. The summed E-state index contributed by atoms with van der Waals surface area (Å²) in [5.74, 6) is 1.11. The highest BCUT2D eigenvalue weighted by Crippen LogP contribution is 2.54. The van der Waals surface area contributed by atoms with Crippen LogP contribution in [0.3, 0.4) is 0 Å². The van der Waals surface area contributed by atoms with E-state index < -0.39 is 0 Å². The molecule has 4 heteroatoms. The lowest BCUT2D eigenvalue weighted by Gasteiger charge is -2.25. The Labute approximate surface area is 72.8 Å². The number of ether oxygens (including phenoxy) is 1. The molecule has 3 unspecified atom stereocenters. The van der Waals surface area contributed by atoms with Gasteiger partial charge in [-0.1, -0.05) is 0 Å². The number of piperidine rings is 1. The van der Waals surface area contributed by atoms with Crippen LogP contribution in [-0.4, -0.2) is 43.9 Å². The third-order valence-corrected chi connectivity index (χ3v) is 3.42. The summed E-state index contributed by atoms with van der Waals surface area (Å²) in [5, 5.41) is 0. The first-order valence-corrected chi connectivity index (χ1v) is 4.36.